The minimum absolute atomic E-state index is 0. The maximum Gasteiger partial charge on any atom is 0.161 e. The van der Waals surface area contributed by atoms with Gasteiger partial charge >= 0.3 is 0 Å². The zero-order valence-corrected chi connectivity index (χ0v) is 12.1. The van der Waals surface area contributed by atoms with Crippen LogP contribution in [0.25, 0.3) is 0 Å². The summed E-state index contributed by atoms with van der Waals surface area (Å²) in [6.07, 6.45) is 0. The van der Waals surface area contributed by atoms with E-state index in [2.05, 4.69) is 5.32 Å². The molecule has 2 nitrogen and oxygen atoms in total. The van der Waals surface area contributed by atoms with Crippen LogP contribution in [0.15, 0.2) is 12.1 Å². The molecule has 0 bridgehead atoms. The number of nitrogens with zero attached hydrogens (tertiary/aromatic N) is 1. The van der Waals surface area contributed by atoms with Gasteiger partial charge in [-0.15, -0.1) is 24.8 Å². The molecule has 110 valence electrons. The molecule has 1 aromatic rings. The first-order valence-corrected chi connectivity index (χ1v) is 5.69. The fraction of sp³-hybridized carbons (Fsp3) is 0.500. The lowest BCUT2D eigenvalue weighted by Crippen LogP contribution is -2.44. The van der Waals surface area contributed by atoms with Crippen LogP contribution in [0.4, 0.5) is 13.2 Å². The summed E-state index contributed by atoms with van der Waals surface area (Å²) in [5.74, 6) is -2.82. The van der Waals surface area contributed by atoms with Crippen LogP contribution in [-0.4, -0.2) is 31.1 Å². The lowest BCUT2D eigenvalue weighted by atomic mass is 10.1. The molecule has 1 fully saturated rings. The fourth-order valence-electron chi connectivity index (χ4n) is 2.12. The van der Waals surface area contributed by atoms with E-state index in [1.807, 2.05) is 4.90 Å². The highest BCUT2D eigenvalue weighted by atomic mass is 35.5. The Bertz CT molecular complexity index is 412. The lowest BCUT2D eigenvalue weighted by molar-refractivity contribution is 0.182. The Labute approximate surface area is 123 Å². The third-order valence-corrected chi connectivity index (χ3v) is 3.19. The number of rotatable bonds is 2. The van der Waals surface area contributed by atoms with Crippen LogP contribution in [0.5, 0.6) is 0 Å². The zero-order valence-electron chi connectivity index (χ0n) is 10.5. The van der Waals surface area contributed by atoms with Crippen LogP contribution in [0.1, 0.15) is 18.5 Å². The first-order valence-electron chi connectivity index (χ1n) is 5.69. The normalized spacial score (nSPS) is 17.3. The van der Waals surface area contributed by atoms with Gasteiger partial charge in [0, 0.05) is 43.9 Å². The van der Waals surface area contributed by atoms with E-state index >= 15 is 0 Å². The highest BCUT2D eigenvalue weighted by Gasteiger charge is 2.22. The Balaban J connectivity index is 0.00000162. The van der Waals surface area contributed by atoms with E-state index in [1.54, 1.807) is 6.92 Å². The maximum absolute atomic E-state index is 13.6. The Morgan fingerprint density at radius 2 is 1.53 bits per heavy atom. The highest BCUT2D eigenvalue weighted by Crippen LogP contribution is 2.25. The molecule has 1 N–H and O–H groups in total. The molecule has 0 aliphatic carbocycles. The number of nitrogens with one attached hydrogen (secondary N) is 1. The molecular weight excluding hydrogens is 300 g/mol. The predicted molar refractivity (Wildman–Crippen MR) is 73.7 cm³/mol. The summed E-state index contributed by atoms with van der Waals surface area (Å²) in [5, 5.41) is 3.19. The molecule has 1 aromatic carbocycles. The molecule has 1 atom stereocenters. The monoisotopic (exact) mass is 316 g/mol. The van der Waals surface area contributed by atoms with E-state index in [-0.39, 0.29) is 36.4 Å². The average Bonchev–Trinajstić information content (AvgIpc) is 2.34. The molecule has 0 unspecified atom stereocenters. The molecule has 0 amide bonds. The van der Waals surface area contributed by atoms with Gasteiger partial charge in [-0.3, -0.25) is 4.90 Å². The second-order valence-corrected chi connectivity index (χ2v) is 4.25. The molecular formula is C12H17Cl2F3N2. The molecule has 0 aromatic heterocycles. The van der Waals surface area contributed by atoms with E-state index in [0.717, 1.165) is 32.2 Å². The van der Waals surface area contributed by atoms with Crippen molar-refractivity contribution in [2.75, 3.05) is 26.2 Å². The number of hydrogen-bond donors (Lipinski definition) is 1. The second-order valence-electron chi connectivity index (χ2n) is 4.25. The zero-order chi connectivity index (χ0) is 12.4. The summed E-state index contributed by atoms with van der Waals surface area (Å²) in [4.78, 5) is 2.05. The summed E-state index contributed by atoms with van der Waals surface area (Å²) in [6, 6.07) is 1.33. The standard InChI is InChI=1S/C12H15F3N2.2ClH/c1-8(17-4-2-16-3-5-17)9-6-11(14)12(15)7-10(9)13;;/h6-8,16H,2-5H2,1H3;2*1H/t8-;;/m0../s1. The molecule has 1 aliphatic heterocycles. The van der Waals surface area contributed by atoms with Crippen LogP contribution < -0.4 is 5.32 Å². The maximum atomic E-state index is 13.6. The van der Waals surface area contributed by atoms with E-state index in [9.17, 15) is 13.2 Å². The number of halogens is 5. The molecule has 1 aliphatic rings. The number of benzene rings is 1. The summed E-state index contributed by atoms with van der Waals surface area (Å²) in [7, 11) is 0. The molecule has 2 rings (SSSR count). The van der Waals surface area contributed by atoms with E-state index in [4.69, 9.17) is 0 Å². The molecule has 19 heavy (non-hydrogen) atoms. The fourth-order valence-corrected chi connectivity index (χ4v) is 2.12. The summed E-state index contributed by atoms with van der Waals surface area (Å²) < 4.78 is 39.5. The van der Waals surface area contributed by atoms with Crippen molar-refractivity contribution >= 4 is 24.8 Å². The minimum atomic E-state index is -1.14. The van der Waals surface area contributed by atoms with Gasteiger partial charge in [-0.05, 0) is 13.0 Å². The Morgan fingerprint density at radius 3 is 2.11 bits per heavy atom. The van der Waals surface area contributed by atoms with Crippen molar-refractivity contribution in [3.63, 3.8) is 0 Å². The van der Waals surface area contributed by atoms with Crippen molar-refractivity contribution < 1.29 is 13.2 Å². The predicted octanol–water partition coefficient (Wildman–Crippen LogP) is 2.91. The first kappa shape index (κ1) is 18.5. The van der Waals surface area contributed by atoms with E-state index in [0.29, 0.717) is 6.07 Å². The number of piperazine rings is 1. The van der Waals surface area contributed by atoms with Gasteiger partial charge in [0.25, 0.3) is 0 Å². The van der Waals surface area contributed by atoms with Gasteiger partial charge in [-0.1, -0.05) is 0 Å². The van der Waals surface area contributed by atoms with Gasteiger partial charge in [-0.2, -0.15) is 0 Å². The van der Waals surface area contributed by atoms with Gasteiger partial charge in [0.15, 0.2) is 11.6 Å². The minimum Gasteiger partial charge on any atom is -0.314 e. The molecule has 0 saturated carbocycles. The van der Waals surface area contributed by atoms with Gasteiger partial charge in [0.1, 0.15) is 5.82 Å². The van der Waals surface area contributed by atoms with Crippen LogP contribution in [0.3, 0.4) is 0 Å². The van der Waals surface area contributed by atoms with Gasteiger partial charge < -0.3 is 5.32 Å². The number of hydrogen-bond acceptors (Lipinski definition) is 2. The smallest absolute Gasteiger partial charge is 0.161 e. The van der Waals surface area contributed by atoms with Crippen LogP contribution in [-0.2, 0) is 0 Å². The molecule has 7 heteroatoms. The van der Waals surface area contributed by atoms with Gasteiger partial charge in [0.05, 0.1) is 0 Å². The Morgan fingerprint density at radius 1 is 1.00 bits per heavy atom. The van der Waals surface area contributed by atoms with E-state index < -0.39 is 17.5 Å². The SMILES string of the molecule is C[C@@H](c1cc(F)c(F)cc1F)N1CCNCC1.Cl.Cl. The van der Waals surface area contributed by atoms with Crippen molar-refractivity contribution in [1.82, 2.24) is 10.2 Å². The van der Waals surface area contributed by atoms with Crippen molar-refractivity contribution in [2.24, 2.45) is 0 Å². The molecule has 1 heterocycles. The van der Waals surface area contributed by atoms with Gasteiger partial charge in [0.2, 0.25) is 0 Å². The van der Waals surface area contributed by atoms with Crippen molar-refractivity contribution in [3.8, 4) is 0 Å². The third kappa shape index (κ3) is 4.24. The van der Waals surface area contributed by atoms with Crippen molar-refractivity contribution in [2.45, 2.75) is 13.0 Å². The average molecular weight is 317 g/mol. The van der Waals surface area contributed by atoms with Crippen molar-refractivity contribution in [3.05, 3.63) is 35.1 Å². The first-order chi connectivity index (χ1) is 8.09. The van der Waals surface area contributed by atoms with Crippen LogP contribution in [0.2, 0.25) is 0 Å². The quantitative estimate of drug-likeness (QED) is 0.844. The Hall–Kier alpha value is -0.490. The molecule has 0 radical (unpaired) electrons. The van der Waals surface area contributed by atoms with E-state index in [1.165, 1.54) is 0 Å². The Kier molecular flexibility index (Phi) is 7.74. The lowest BCUT2D eigenvalue weighted by Gasteiger charge is -2.33. The molecule has 1 saturated heterocycles. The van der Waals surface area contributed by atoms with Gasteiger partial charge in [-0.25, -0.2) is 13.2 Å². The molecule has 0 spiro atoms. The third-order valence-electron chi connectivity index (χ3n) is 3.19. The topological polar surface area (TPSA) is 15.3 Å². The highest BCUT2D eigenvalue weighted by molar-refractivity contribution is 5.85. The summed E-state index contributed by atoms with van der Waals surface area (Å²) in [6.45, 7) is 5.02. The van der Waals surface area contributed by atoms with Crippen LogP contribution >= 0.6 is 24.8 Å². The summed E-state index contributed by atoms with van der Waals surface area (Å²) >= 11 is 0. The van der Waals surface area contributed by atoms with Crippen molar-refractivity contribution in [1.29, 1.82) is 0 Å². The second kappa shape index (κ2) is 7.94. The summed E-state index contributed by atoms with van der Waals surface area (Å²) in [5.41, 5.74) is 0.214. The van der Waals surface area contributed by atoms with Crippen LogP contribution in [0, 0.1) is 17.5 Å². The largest absolute Gasteiger partial charge is 0.314 e.